The van der Waals surface area contributed by atoms with Crippen LogP contribution < -0.4 is 15.2 Å². The van der Waals surface area contributed by atoms with Crippen LogP contribution in [0.2, 0.25) is 0 Å². The van der Waals surface area contributed by atoms with Gasteiger partial charge in [0, 0.05) is 0 Å². The summed E-state index contributed by atoms with van der Waals surface area (Å²) in [6.07, 6.45) is -4.71. The minimum absolute atomic E-state index is 0. The second kappa shape index (κ2) is 9.48. The molecule has 1 atom stereocenters. The van der Waals surface area contributed by atoms with Gasteiger partial charge in [0.1, 0.15) is 18.1 Å². The highest BCUT2D eigenvalue weighted by molar-refractivity contribution is 5.85. The Kier molecular flexibility index (Phi) is 7.31. The Labute approximate surface area is 167 Å². The zero-order valence-electron chi connectivity index (χ0n) is 14.7. The van der Waals surface area contributed by atoms with Gasteiger partial charge in [-0.3, -0.25) is 0 Å². The number of alkyl halides is 3. The molecule has 0 saturated carbocycles. The molecule has 2 N–H and O–H groups in total. The van der Waals surface area contributed by atoms with Gasteiger partial charge in [-0.15, -0.1) is 25.6 Å². The molecule has 0 aliphatic rings. The maximum atomic E-state index is 12.2. The van der Waals surface area contributed by atoms with Crippen molar-refractivity contribution in [1.29, 1.82) is 0 Å². The van der Waals surface area contributed by atoms with Gasteiger partial charge in [0.15, 0.2) is 0 Å². The van der Waals surface area contributed by atoms with Crippen molar-refractivity contribution in [2.75, 3.05) is 0 Å². The molecule has 0 bridgehead atoms. The van der Waals surface area contributed by atoms with Gasteiger partial charge in [-0.25, -0.2) is 0 Å². The van der Waals surface area contributed by atoms with Crippen LogP contribution >= 0.6 is 12.4 Å². The molecule has 0 aliphatic carbocycles. The van der Waals surface area contributed by atoms with E-state index in [4.69, 9.17) is 10.5 Å². The van der Waals surface area contributed by atoms with Crippen molar-refractivity contribution in [3.8, 4) is 11.5 Å². The summed E-state index contributed by atoms with van der Waals surface area (Å²) in [5.41, 5.74) is 8.78. The lowest BCUT2D eigenvalue weighted by Gasteiger charge is -2.15. The molecule has 0 unspecified atom stereocenters. The number of halogens is 4. The number of nitrogens with two attached hydrogens (primary N) is 1. The van der Waals surface area contributed by atoms with E-state index >= 15 is 0 Å². The highest BCUT2D eigenvalue weighted by atomic mass is 35.5. The molecule has 0 amide bonds. The van der Waals surface area contributed by atoms with E-state index < -0.39 is 12.4 Å². The molecule has 0 heterocycles. The zero-order chi connectivity index (χ0) is 19.3. The van der Waals surface area contributed by atoms with Crippen LogP contribution in [0.15, 0.2) is 78.9 Å². The van der Waals surface area contributed by atoms with E-state index in [1.54, 1.807) is 0 Å². The standard InChI is InChI=1S/C21H18F3NO2.ClH/c22-21(23,24)27-19-12-8-17(9-13-19)20(25)16-6-10-18(11-7-16)26-14-15-4-2-1-3-5-15;/h1-13,20H,14,25H2;1H/t20-;/m0./s1. The minimum Gasteiger partial charge on any atom is -0.489 e. The van der Waals surface area contributed by atoms with Gasteiger partial charge in [-0.05, 0) is 41.0 Å². The van der Waals surface area contributed by atoms with Crippen molar-refractivity contribution in [3.05, 3.63) is 95.6 Å². The topological polar surface area (TPSA) is 44.5 Å². The third-order valence-corrected chi connectivity index (χ3v) is 3.96. The summed E-state index contributed by atoms with van der Waals surface area (Å²) in [6.45, 7) is 0.465. The molecule has 3 nitrogen and oxygen atoms in total. The van der Waals surface area contributed by atoms with Crippen LogP contribution in [0.4, 0.5) is 13.2 Å². The maximum Gasteiger partial charge on any atom is 0.573 e. The number of hydrogen-bond donors (Lipinski definition) is 1. The van der Waals surface area contributed by atoms with Crippen molar-refractivity contribution in [3.63, 3.8) is 0 Å². The van der Waals surface area contributed by atoms with Crippen LogP contribution in [0, 0.1) is 0 Å². The van der Waals surface area contributed by atoms with Crippen LogP contribution in [0.25, 0.3) is 0 Å². The molecule has 0 radical (unpaired) electrons. The van der Waals surface area contributed by atoms with Crippen molar-refractivity contribution in [2.24, 2.45) is 5.73 Å². The first kappa shape index (κ1) is 21.6. The largest absolute Gasteiger partial charge is 0.573 e. The molecule has 7 heteroatoms. The Morgan fingerprint density at radius 2 is 1.25 bits per heavy atom. The molecule has 3 rings (SSSR count). The second-order valence-electron chi connectivity index (χ2n) is 5.94. The van der Waals surface area contributed by atoms with Crippen molar-refractivity contribution in [1.82, 2.24) is 0 Å². The fourth-order valence-electron chi connectivity index (χ4n) is 2.58. The molecule has 0 aromatic heterocycles. The normalized spacial score (nSPS) is 12.0. The van der Waals surface area contributed by atoms with Gasteiger partial charge in [0.25, 0.3) is 0 Å². The highest BCUT2D eigenvalue weighted by Crippen LogP contribution is 2.27. The van der Waals surface area contributed by atoms with Crippen molar-refractivity contribution < 1.29 is 22.6 Å². The quantitative estimate of drug-likeness (QED) is 0.573. The molecular formula is C21H19ClF3NO2. The average molecular weight is 410 g/mol. The van der Waals surface area contributed by atoms with Crippen LogP contribution in [0.5, 0.6) is 11.5 Å². The van der Waals surface area contributed by atoms with Gasteiger partial charge in [-0.2, -0.15) is 0 Å². The van der Waals surface area contributed by atoms with Crippen LogP contribution in [0.1, 0.15) is 22.7 Å². The fourth-order valence-corrected chi connectivity index (χ4v) is 2.58. The fraction of sp³-hybridized carbons (Fsp3) is 0.143. The Hall–Kier alpha value is -2.70. The number of rotatable bonds is 6. The van der Waals surface area contributed by atoms with Gasteiger partial charge >= 0.3 is 6.36 Å². The molecule has 3 aromatic rings. The molecular weight excluding hydrogens is 391 g/mol. The molecule has 28 heavy (non-hydrogen) atoms. The maximum absolute atomic E-state index is 12.2. The predicted octanol–water partition coefficient (Wildman–Crippen LogP) is 5.63. The van der Waals surface area contributed by atoms with E-state index in [1.807, 2.05) is 54.6 Å². The van der Waals surface area contributed by atoms with E-state index in [0.29, 0.717) is 17.9 Å². The van der Waals surface area contributed by atoms with Crippen LogP contribution in [-0.4, -0.2) is 6.36 Å². The third kappa shape index (κ3) is 6.18. The summed E-state index contributed by atoms with van der Waals surface area (Å²) >= 11 is 0. The molecule has 0 aliphatic heterocycles. The predicted molar refractivity (Wildman–Crippen MR) is 104 cm³/mol. The van der Waals surface area contributed by atoms with Gasteiger partial charge in [-0.1, -0.05) is 54.6 Å². The van der Waals surface area contributed by atoms with E-state index in [1.165, 1.54) is 24.3 Å². The lowest BCUT2D eigenvalue weighted by molar-refractivity contribution is -0.274. The summed E-state index contributed by atoms with van der Waals surface area (Å²) in [6, 6.07) is 22.2. The van der Waals surface area contributed by atoms with Gasteiger partial charge in [0.2, 0.25) is 0 Å². The Morgan fingerprint density at radius 3 is 1.75 bits per heavy atom. The Morgan fingerprint density at radius 1 is 0.750 bits per heavy atom. The van der Waals surface area contributed by atoms with Gasteiger partial charge in [0.05, 0.1) is 6.04 Å². The number of ether oxygens (including phenoxy) is 2. The van der Waals surface area contributed by atoms with E-state index in [-0.39, 0.29) is 18.2 Å². The van der Waals surface area contributed by atoms with Crippen molar-refractivity contribution >= 4 is 12.4 Å². The van der Waals surface area contributed by atoms with E-state index in [0.717, 1.165) is 11.1 Å². The lowest BCUT2D eigenvalue weighted by Crippen LogP contribution is -2.17. The van der Waals surface area contributed by atoms with Crippen LogP contribution in [0.3, 0.4) is 0 Å². The second-order valence-corrected chi connectivity index (χ2v) is 5.94. The zero-order valence-corrected chi connectivity index (χ0v) is 15.5. The number of hydrogen-bond acceptors (Lipinski definition) is 3. The SMILES string of the molecule is Cl.N[C@@H](c1ccc(OCc2ccccc2)cc1)c1ccc(OC(F)(F)F)cc1. The van der Waals surface area contributed by atoms with Crippen LogP contribution in [-0.2, 0) is 6.61 Å². The summed E-state index contributed by atoms with van der Waals surface area (Å²) in [7, 11) is 0. The summed E-state index contributed by atoms with van der Waals surface area (Å²) in [5.74, 6) is 0.437. The third-order valence-electron chi connectivity index (χ3n) is 3.96. The Bertz CT molecular complexity index is 854. The smallest absolute Gasteiger partial charge is 0.489 e. The van der Waals surface area contributed by atoms with E-state index in [2.05, 4.69) is 4.74 Å². The first-order valence-corrected chi connectivity index (χ1v) is 8.29. The minimum atomic E-state index is -4.71. The van der Waals surface area contributed by atoms with Crippen molar-refractivity contribution in [2.45, 2.75) is 19.0 Å². The first-order valence-electron chi connectivity index (χ1n) is 8.29. The molecule has 0 spiro atoms. The average Bonchev–Trinajstić information content (AvgIpc) is 2.66. The monoisotopic (exact) mass is 409 g/mol. The molecule has 3 aromatic carbocycles. The summed E-state index contributed by atoms with van der Waals surface area (Å²) in [4.78, 5) is 0. The number of benzene rings is 3. The molecule has 0 saturated heterocycles. The lowest BCUT2D eigenvalue weighted by atomic mass is 9.99. The van der Waals surface area contributed by atoms with E-state index in [9.17, 15) is 13.2 Å². The summed E-state index contributed by atoms with van der Waals surface area (Å²) in [5, 5.41) is 0. The summed E-state index contributed by atoms with van der Waals surface area (Å²) < 4.78 is 46.2. The first-order chi connectivity index (χ1) is 12.9. The van der Waals surface area contributed by atoms with Gasteiger partial charge < -0.3 is 15.2 Å². The molecule has 148 valence electrons. The highest BCUT2D eigenvalue weighted by Gasteiger charge is 2.31. The molecule has 0 fully saturated rings. The Balaban J connectivity index is 0.00000280.